The van der Waals surface area contributed by atoms with Gasteiger partial charge in [-0.1, -0.05) is 176 Å². The lowest BCUT2D eigenvalue weighted by molar-refractivity contribution is 1.28. The van der Waals surface area contributed by atoms with E-state index in [1.165, 1.54) is 49.5 Å². The van der Waals surface area contributed by atoms with Crippen molar-refractivity contribution in [3.8, 4) is 33.4 Å². The number of hydrogen-bond donors (Lipinski definition) is 0. The number of nitrogens with zero attached hydrogens (tertiary/aromatic N) is 3. The highest BCUT2D eigenvalue weighted by Gasteiger charge is 2.28. The fraction of sp³-hybridized carbons (Fsp3) is 0. The maximum atomic E-state index is 2.46. The third-order valence-corrected chi connectivity index (χ3v) is 13.7. The molecule has 3 nitrogen and oxygen atoms in total. The Labute approximate surface area is 402 Å². The van der Waals surface area contributed by atoms with Crippen molar-refractivity contribution in [2.45, 2.75) is 0 Å². The molecule has 12 aromatic carbocycles. The molecule has 324 valence electrons. The Balaban J connectivity index is 1.19. The largest absolute Gasteiger partial charge is 0.310 e. The summed E-state index contributed by atoms with van der Waals surface area (Å²) in [5, 5.41) is 7.16. The Bertz CT molecular complexity index is 3670. The zero-order valence-electron chi connectivity index (χ0n) is 37.8. The lowest BCUT2D eigenvalue weighted by atomic mass is 9.86. The van der Waals surface area contributed by atoms with Crippen LogP contribution in [0.3, 0.4) is 0 Å². The molecule has 0 saturated carbocycles. The highest BCUT2D eigenvalue weighted by Crippen LogP contribution is 2.55. The topological polar surface area (TPSA) is 9.72 Å². The van der Waals surface area contributed by atoms with Crippen molar-refractivity contribution >= 4 is 83.5 Å². The van der Waals surface area contributed by atoms with Gasteiger partial charge >= 0.3 is 0 Å². The Hall–Kier alpha value is -9.18. The number of hydrogen-bond acceptors (Lipinski definition) is 3. The standard InChI is InChI=1S/C66H45N3/c1-7-22-46(23-8-1)67(47-24-9-2-10-25-47)52-39-41-61-62(44-52)65(59-43-42-58-55-35-20-19-34-54(55)56-36-21-37-57(59)64(56)58)60-40-38-53(68(48-26-11-3-12-27-48)49-28-13-4-14-29-49)45-63(60)66(61)69(50-30-15-5-16-31-50)51-32-17-6-18-33-51/h1-45H. The predicted molar refractivity (Wildman–Crippen MR) is 293 cm³/mol. The molecule has 3 heteroatoms. The minimum Gasteiger partial charge on any atom is -0.310 e. The van der Waals surface area contributed by atoms with Crippen molar-refractivity contribution in [2.24, 2.45) is 0 Å². The van der Waals surface area contributed by atoms with Gasteiger partial charge in [-0.15, -0.1) is 0 Å². The van der Waals surface area contributed by atoms with Gasteiger partial charge in [-0.2, -0.15) is 0 Å². The van der Waals surface area contributed by atoms with Crippen molar-refractivity contribution in [1.29, 1.82) is 0 Å². The number of fused-ring (bicyclic) bond motifs is 5. The third kappa shape index (κ3) is 6.82. The van der Waals surface area contributed by atoms with Crippen LogP contribution in [0, 0.1) is 0 Å². The maximum Gasteiger partial charge on any atom is 0.0619 e. The van der Waals surface area contributed by atoms with Crippen LogP contribution >= 0.6 is 0 Å². The van der Waals surface area contributed by atoms with Crippen molar-refractivity contribution in [2.75, 3.05) is 14.7 Å². The van der Waals surface area contributed by atoms with E-state index in [4.69, 9.17) is 0 Å². The van der Waals surface area contributed by atoms with Crippen molar-refractivity contribution in [1.82, 2.24) is 0 Å². The summed E-state index contributed by atoms with van der Waals surface area (Å²) in [4.78, 5) is 7.22. The zero-order valence-corrected chi connectivity index (χ0v) is 37.8. The van der Waals surface area contributed by atoms with Gasteiger partial charge in [0.05, 0.1) is 5.69 Å². The zero-order chi connectivity index (χ0) is 45.7. The molecule has 0 spiro atoms. The van der Waals surface area contributed by atoms with Crippen molar-refractivity contribution in [3.05, 3.63) is 273 Å². The number of anilines is 9. The van der Waals surface area contributed by atoms with Crippen molar-refractivity contribution in [3.63, 3.8) is 0 Å². The second kappa shape index (κ2) is 16.9. The first-order valence-corrected chi connectivity index (χ1v) is 23.7. The molecule has 0 fully saturated rings. The molecule has 13 rings (SSSR count). The number of rotatable bonds is 10. The van der Waals surface area contributed by atoms with E-state index in [9.17, 15) is 0 Å². The van der Waals surface area contributed by atoms with Crippen LogP contribution in [0.1, 0.15) is 0 Å². The van der Waals surface area contributed by atoms with E-state index in [-0.39, 0.29) is 0 Å². The van der Waals surface area contributed by atoms with Crippen LogP contribution in [-0.4, -0.2) is 0 Å². The summed E-state index contributed by atoms with van der Waals surface area (Å²) >= 11 is 0. The van der Waals surface area contributed by atoms with Crippen LogP contribution in [0.15, 0.2) is 273 Å². The van der Waals surface area contributed by atoms with Crippen LogP contribution in [0.25, 0.3) is 65.7 Å². The minimum atomic E-state index is 1.07. The summed E-state index contributed by atoms with van der Waals surface area (Å²) in [6, 6.07) is 99.3. The van der Waals surface area contributed by atoms with E-state index >= 15 is 0 Å². The normalized spacial score (nSPS) is 11.5. The molecular weight excluding hydrogens is 835 g/mol. The average molecular weight is 880 g/mol. The van der Waals surface area contributed by atoms with Gasteiger partial charge in [-0.3, -0.25) is 0 Å². The average Bonchev–Trinajstić information content (AvgIpc) is 3.75. The summed E-state index contributed by atoms with van der Waals surface area (Å²) in [6.45, 7) is 0. The molecule has 0 aliphatic heterocycles. The molecule has 0 saturated heterocycles. The lowest BCUT2D eigenvalue weighted by Gasteiger charge is -2.32. The summed E-state index contributed by atoms with van der Waals surface area (Å²) in [5.74, 6) is 0. The molecule has 0 unspecified atom stereocenters. The van der Waals surface area contributed by atoms with E-state index < -0.39 is 0 Å². The van der Waals surface area contributed by atoms with Gasteiger partial charge < -0.3 is 14.7 Å². The molecular formula is C66H45N3. The second-order valence-electron chi connectivity index (χ2n) is 17.6. The highest BCUT2D eigenvalue weighted by atomic mass is 15.2. The van der Waals surface area contributed by atoms with Gasteiger partial charge in [0.1, 0.15) is 0 Å². The van der Waals surface area contributed by atoms with Gasteiger partial charge in [0.25, 0.3) is 0 Å². The number of para-hydroxylation sites is 6. The van der Waals surface area contributed by atoms with Gasteiger partial charge in [-0.05, 0) is 152 Å². The fourth-order valence-corrected chi connectivity index (χ4v) is 10.8. The molecule has 12 aromatic rings. The quantitative estimate of drug-likeness (QED) is 0.127. The summed E-state index contributed by atoms with van der Waals surface area (Å²) in [5.41, 5.74) is 17.3. The molecule has 1 aliphatic rings. The fourth-order valence-electron chi connectivity index (χ4n) is 10.8. The Morgan fingerprint density at radius 3 is 1.01 bits per heavy atom. The monoisotopic (exact) mass is 879 g/mol. The SMILES string of the molecule is c1ccc(N(c2ccccc2)c2ccc3c(N(c4ccccc4)c4ccccc4)c4cc(N(c5ccccc5)c5ccccc5)ccc4c(-c4ccc5c6c(cccc46)-c4ccccc4-5)c3c2)cc1. The van der Waals surface area contributed by atoms with E-state index in [1.54, 1.807) is 0 Å². The molecule has 0 aromatic heterocycles. The highest BCUT2D eigenvalue weighted by molar-refractivity contribution is 6.27. The minimum absolute atomic E-state index is 1.07. The van der Waals surface area contributed by atoms with Gasteiger partial charge in [0.15, 0.2) is 0 Å². The van der Waals surface area contributed by atoms with E-state index in [0.29, 0.717) is 0 Å². The molecule has 69 heavy (non-hydrogen) atoms. The molecule has 0 heterocycles. The van der Waals surface area contributed by atoms with Gasteiger partial charge in [0.2, 0.25) is 0 Å². The Morgan fingerprint density at radius 2 is 0.551 bits per heavy atom. The third-order valence-electron chi connectivity index (χ3n) is 13.7. The van der Waals surface area contributed by atoms with Crippen LogP contribution in [0.2, 0.25) is 0 Å². The maximum absolute atomic E-state index is 2.46. The Kier molecular flexibility index (Phi) is 9.84. The molecule has 0 bridgehead atoms. The van der Waals surface area contributed by atoms with Crippen LogP contribution in [0.4, 0.5) is 51.2 Å². The van der Waals surface area contributed by atoms with E-state index in [2.05, 4.69) is 288 Å². The molecule has 0 atom stereocenters. The summed E-state index contributed by atoms with van der Waals surface area (Å²) in [6.07, 6.45) is 0. The van der Waals surface area contributed by atoms with Gasteiger partial charge in [-0.25, -0.2) is 0 Å². The first-order chi connectivity index (χ1) is 34.3. The number of benzene rings is 12. The lowest BCUT2D eigenvalue weighted by Crippen LogP contribution is -2.13. The van der Waals surface area contributed by atoms with E-state index in [1.807, 2.05) is 0 Å². The van der Waals surface area contributed by atoms with Crippen molar-refractivity contribution < 1.29 is 0 Å². The molecule has 0 N–H and O–H groups in total. The summed E-state index contributed by atoms with van der Waals surface area (Å²) in [7, 11) is 0. The van der Waals surface area contributed by atoms with Crippen LogP contribution in [0.5, 0.6) is 0 Å². The van der Waals surface area contributed by atoms with Crippen LogP contribution in [-0.2, 0) is 0 Å². The van der Waals surface area contributed by atoms with Crippen LogP contribution < -0.4 is 14.7 Å². The smallest absolute Gasteiger partial charge is 0.0619 e. The predicted octanol–water partition coefficient (Wildman–Crippen LogP) is 18.9. The first-order valence-electron chi connectivity index (χ1n) is 23.7. The molecule has 1 aliphatic carbocycles. The molecule has 0 amide bonds. The summed E-state index contributed by atoms with van der Waals surface area (Å²) < 4.78 is 0. The van der Waals surface area contributed by atoms with E-state index in [0.717, 1.165) is 67.3 Å². The van der Waals surface area contributed by atoms with Gasteiger partial charge in [0, 0.05) is 56.3 Å². The second-order valence-corrected chi connectivity index (χ2v) is 17.6. The molecule has 0 radical (unpaired) electrons. The first kappa shape index (κ1) is 40.1. The Morgan fingerprint density at radius 1 is 0.188 bits per heavy atom.